The first kappa shape index (κ1) is 19.0. The van der Waals surface area contributed by atoms with Crippen molar-refractivity contribution in [2.75, 3.05) is 0 Å². The molecule has 0 saturated heterocycles. The van der Waals surface area contributed by atoms with Gasteiger partial charge in [-0.1, -0.05) is 36.4 Å². The lowest BCUT2D eigenvalue weighted by Crippen LogP contribution is -2.20. The van der Waals surface area contributed by atoms with Crippen molar-refractivity contribution in [2.24, 2.45) is 0 Å². The fraction of sp³-hybridized carbons (Fsp3) is 0. The van der Waals surface area contributed by atoms with Crippen molar-refractivity contribution in [3.63, 3.8) is 0 Å². The summed E-state index contributed by atoms with van der Waals surface area (Å²) < 4.78 is 0. The molecule has 30 heavy (non-hydrogen) atoms. The highest BCUT2D eigenvalue weighted by atomic mass is 16.3. The molecule has 1 aliphatic carbocycles. The summed E-state index contributed by atoms with van der Waals surface area (Å²) in [5, 5.41) is 39.5. The third-order valence-corrected chi connectivity index (χ3v) is 4.84. The molecule has 0 aliphatic heterocycles. The number of carbonyl (C=O) groups is 2. The predicted molar refractivity (Wildman–Crippen MR) is 110 cm³/mol. The molecule has 0 aromatic heterocycles. The van der Waals surface area contributed by atoms with E-state index in [1.54, 1.807) is 36.4 Å². The number of aromatic hydroxyl groups is 4. The Morgan fingerprint density at radius 1 is 0.500 bits per heavy atom. The molecule has 4 aromatic rings. The molecule has 0 bridgehead atoms. The smallest absolute Gasteiger partial charge is 0.198 e. The number of ketones is 2. The van der Waals surface area contributed by atoms with Gasteiger partial charge in [-0.25, -0.2) is 0 Å². The highest BCUT2D eigenvalue weighted by Gasteiger charge is 2.33. The summed E-state index contributed by atoms with van der Waals surface area (Å²) in [7, 11) is 0. The highest BCUT2D eigenvalue weighted by Crippen LogP contribution is 2.35. The third kappa shape index (κ3) is 3.20. The van der Waals surface area contributed by atoms with Crippen molar-refractivity contribution < 1.29 is 30.0 Å². The lowest BCUT2D eigenvalue weighted by molar-refractivity contribution is 0.0974. The number of phenolic OH excluding ortho intramolecular Hbond substituents is 4. The van der Waals surface area contributed by atoms with Gasteiger partial charge in [0.25, 0.3) is 0 Å². The molecule has 0 fully saturated rings. The maximum absolute atomic E-state index is 12.2. The topological polar surface area (TPSA) is 115 Å². The molecule has 5 rings (SSSR count). The molecule has 4 N–H and O–H groups in total. The lowest BCUT2D eigenvalue weighted by atomic mass is 9.83. The van der Waals surface area contributed by atoms with Gasteiger partial charge in [0.1, 0.15) is 23.0 Å². The van der Waals surface area contributed by atoms with Crippen LogP contribution in [0.25, 0.3) is 10.8 Å². The zero-order valence-corrected chi connectivity index (χ0v) is 15.5. The monoisotopic (exact) mass is 400 g/mol. The summed E-state index contributed by atoms with van der Waals surface area (Å²) in [4.78, 5) is 24.4. The van der Waals surface area contributed by atoms with Crippen molar-refractivity contribution in [1.29, 1.82) is 0 Å². The van der Waals surface area contributed by atoms with E-state index in [1.165, 1.54) is 36.4 Å². The minimum atomic E-state index is -0.450. The van der Waals surface area contributed by atoms with Crippen molar-refractivity contribution >= 4 is 22.3 Å². The first-order chi connectivity index (χ1) is 14.4. The van der Waals surface area contributed by atoms with Gasteiger partial charge in [0.15, 0.2) is 11.6 Å². The van der Waals surface area contributed by atoms with E-state index in [0.29, 0.717) is 0 Å². The molecule has 0 amide bonds. The fourth-order valence-corrected chi connectivity index (χ4v) is 3.43. The van der Waals surface area contributed by atoms with E-state index in [1.807, 2.05) is 0 Å². The molecule has 0 heterocycles. The molecule has 4 aromatic carbocycles. The number of phenols is 4. The van der Waals surface area contributed by atoms with Gasteiger partial charge in [0, 0.05) is 11.1 Å². The van der Waals surface area contributed by atoms with E-state index in [0.717, 1.165) is 10.8 Å². The normalized spacial score (nSPS) is 12.0. The molecule has 6 heteroatoms. The summed E-state index contributed by atoms with van der Waals surface area (Å²) in [6, 6.07) is 18.7. The van der Waals surface area contributed by atoms with E-state index in [-0.39, 0.29) is 45.3 Å². The number of fused-ring (bicyclic) bond motifs is 3. The van der Waals surface area contributed by atoms with Crippen LogP contribution in [0.1, 0.15) is 31.8 Å². The van der Waals surface area contributed by atoms with Crippen LogP contribution in [0.4, 0.5) is 0 Å². The molecule has 1 aliphatic rings. The van der Waals surface area contributed by atoms with Gasteiger partial charge in [-0.15, -0.1) is 0 Å². The summed E-state index contributed by atoms with van der Waals surface area (Å²) in [6.45, 7) is 0. The summed E-state index contributed by atoms with van der Waals surface area (Å²) >= 11 is 0. The van der Waals surface area contributed by atoms with Gasteiger partial charge in [0.2, 0.25) is 0 Å². The second-order valence-electron chi connectivity index (χ2n) is 6.77. The highest BCUT2D eigenvalue weighted by molar-refractivity contribution is 6.30. The maximum atomic E-state index is 12.2. The van der Waals surface area contributed by atoms with Gasteiger partial charge >= 0.3 is 0 Å². The van der Waals surface area contributed by atoms with Gasteiger partial charge in [-0.05, 0) is 47.2 Å². The number of hydrogen-bond acceptors (Lipinski definition) is 6. The summed E-state index contributed by atoms with van der Waals surface area (Å²) in [5.74, 6) is -0.858. The van der Waals surface area contributed by atoms with Gasteiger partial charge < -0.3 is 20.4 Å². The molecule has 6 nitrogen and oxygen atoms in total. The van der Waals surface area contributed by atoms with Crippen LogP contribution in [0.5, 0.6) is 23.0 Å². The van der Waals surface area contributed by atoms with Crippen LogP contribution in [-0.2, 0) is 0 Å². The van der Waals surface area contributed by atoms with Crippen LogP contribution in [0.3, 0.4) is 0 Å². The van der Waals surface area contributed by atoms with Crippen molar-refractivity contribution in [3.8, 4) is 23.0 Å². The molecule has 0 spiro atoms. The molecular weight excluding hydrogens is 384 g/mol. The average molecular weight is 400 g/mol. The third-order valence-electron chi connectivity index (χ3n) is 4.84. The van der Waals surface area contributed by atoms with Crippen LogP contribution in [0.2, 0.25) is 0 Å². The van der Waals surface area contributed by atoms with Crippen LogP contribution in [0.15, 0.2) is 72.8 Å². The SMILES string of the molecule is O=C1c2cccc(O)c2C(=O)c2cccc(O)c21.Oc1ccc2cc(O)ccc2c1. The van der Waals surface area contributed by atoms with E-state index in [2.05, 4.69) is 0 Å². The number of rotatable bonds is 0. The van der Waals surface area contributed by atoms with Crippen LogP contribution >= 0.6 is 0 Å². The summed E-state index contributed by atoms with van der Waals surface area (Å²) in [6.07, 6.45) is 0. The molecular formula is C24H16O6. The minimum Gasteiger partial charge on any atom is -0.508 e. The predicted octanol–water partition coefficient (Wildman–Crippen LogP) is 4.12. The summed E-state index contributed by atoms with van der Waals surface area (Å²) in [5.41, 5.74) is 0.240. The Balaban J connectivity index is 0.000000158. The van der Waals surface area contributed by atoms with E-state index in [4.69, 9.17) is 10.2 Å². The second kappa shape index (κ2) is 7.25. The number of benzene rings is 4. The van der Waals surface area contributed by atoms with Crippen LogP contribution in [0, 0.1) is 0 Å². The van der Waals surface area contributed by atoms with Crippen molar-refractivity contribution in [1.82, 2.24) is 0 Å². The molecule has 0 radical (unpaired) electrons. The van der Waals surface area contributed by atoms with E-state index in [9.17, 15) is 19.8 Å². The minimum absolute atomic E-state index is 0.000556. The number of carbonyl (C=O) groups excluding carboxylic acids is 2. The second-order valence-corrected chi connectivity index (χ2v) is 6.77. The first-order valence-electron chi connectivity index (χ1n) is 9.02. The van der Waals surface area contributed by atoms with E-state index >= 15 is 0 Å². The quantitative estimate of drug-likeness (QED) is 0.311. The Morgan fingerprint density at radius 3 is 1.30 bits per heavy atom. The fourth-order valence-electron chi connectivity index (χ4n) is 3.43. The first-order valence-corrected chi connectivity index (χ1v) is 9.02. The van der Waals surface area contributed by atoms with E-state index < -0.39 is 11.6 Å². The lowest BCUT2D eigenvalue weighted by Gasteiger charge is -2.18. The Kier molecular flexibility index (Phi) is 4.60. The van der Waals surface area contributed by atoms with Crippen molar-refractivity contribution in [3.05, 3.63) is 95.1 Å². The Hall–Kier alpha value is -4.32. The molecule has 0 unspecified atom stereocenters. The Bertz CT molecular complexity index is 1220. The standard InChI is InChI=1S/C14H8O4.C10H8O2/c15-9-5-1-3-7-11(9)14(18)8-4-2-6-10(16)12(8)13(7)17;11-9-3-1-7-5-10(12)4-2-8(7)6-9/h1-6,15-16H;1-6,11-12H. The Labute approximate surface area is 170 Å². The molecule has 148 valence electrons. The molecule has 0 atom stereocenters. The largest absolute Gasteiger partial charge is 0.508 e. The number of hydrogen-bond donors (Lipinski definition) is 4. The Morgan fingerprint density at radius 2 is 0.900 bits per heavy atom. The zero-order valence-electron chi connectivity index (χ0n) is 15.5. The van der Waals surface area contributed by atoms with Gasteiger partial charge in [0.05, 0.1) is 11.1 Å². The maximum Gasteiger partial charge on any atom is 0.198 e. The van der Waals surface area contributed by atoms with Gasteiger partial charge in [-0.2, -0.15) is 0 Å². The van der Waals surface area contributed by atoms with Crippen molar-refractivity contribution in [2.45, 2.75) is 0 Å². The van der Waals surface area contributed by atoms with Crippen LogP contribution in [-0.4, -0.2) is 32.0 Å². The zero-order chi connectivity index (χ0) is 21.4. The van der Waals surface area contributed by atoms with Crippen LogP contribution < -0.4 is 0 Å². The average Bonchev–Trinajstić information content (AvgIpc) is 2.72. The molecule has 0 saturated carbocycles. The van der Waals surface area contributed by atoms with Gasteiger partial charge in [-0.3, -0.25) is 9.59 Å².